The first kappa shape index (κ1) is 11.9. The fraction of sp³-hybridized carbons (Fsp3) is 0.182. The first-order valence-electron chi connectivity index (χ1n) is 5.25. The number of aromatic nitrogens is 2. The number of benzene rings is 1. The summed E-state index contributed by atoms with van der Waals surface area (Å²) in [4.78, 5) is 10.3. The number of nitro benzene ring substituents is 1. The number of nitrogens with zero attached hydrogens (tertiary/aromatic N) is 2. The molecule has 0 aliphatic carbocycles. The van der Waals surface area contributed by atoms with Gasteiger partial charge in [0.05, 0.1) is 24.3 Å². The maximum atomic E-state index is 10.7. The highest BCUT2D eigenvalue weighted by Crippen LogP contribution is 2.29. The van der Waals surface area contributed by atoms with E-state index in [9.17, 15) is 10.1 Å². The van der Waals surface area contributed by atoms with Crippen molar-refractivity contribution in [1.82, 2.24) is 10.2 Å². The fourth-order valence-electron chi connectivity index (χ4n) is 1.52. The highest BCUT2D eigenvalue weighted by atomic mass is 16.6. The predicted molar refractivity (Wildman–Crippen MR) is 65.6 cm³/mol. The first-order valence-corrected chi connectivity index (χ1v) is 5.25. The fourth-order valence-corrected chi connectivity index (χ4v) is 1.52. The van der Waals surface area contributed by atoms with Crippen LogP contribution in [0.4, 0.5) is 11.4 Å². The average molecular weight is 248 g/mol. The van der Waals surface area contributed by atoms with Crippen molar-refractivity contribution in [3.05, 3.63) is 46.3 Å². The lowest BCUT2D eigenvalue weighted by Crippen LogP contribution is -2.01. The largest absolute Gasteiger partial charge is 0.490 e. The highest BCUT2D eigenvalue weighted by Gasteiger charge is 2.14. The molecule has 0 bridgehead atoms. The Hall–Kier alpha value is -2.57. The third-order valence-corrected chi connectivity index (χ3v) is 2.42. The van der Waals surface area contributed by atoms with E-state index in [1.54, 1.807) is 18.3 Å². The molecule has 0 saturated heterocycles. The van der Waals surface area contributed by atoms with Crippen molar-refractivity contribution in [2.24, 2.45) is 0 Å². The molecule has 0 aliphatic rings. The van der Waals surface area contributed by atoms with Crippen LogP contribution in [0.25, 0.3) is 0 Å². The van der Waals surface area contributed by atoms with E-state index in [-0.39, 0.29) is 11.4 Å². The van der Waals surface area contributed by atoms with Gasteiger partial charge in [0.25, 0.3) is 0 Å². The van der Waals surface area contributed by atoms with Crippen LogP contribution < -0.4 is 10.1 Å². The van der Waals surface area contributed by atoms with E-state index < -0.39 is 4.92 Å². The Morgan fingerprint density at radius 1 is 1.50 bits per heavy atom. The van der Waals surface area contributed by atoms with Gasteiger partial charge in [-0.15, -0.1) is 0 Å². The van der Waals surface area contributed by atoms with Gasteiger partial charge < -0.3 is 10.1 Å². The number of hydrogen-bond donors (Lipinski definition) is 2. The van der Waals surface area contributed by atoms with Crippen molar-refractivity contribution in [3.8, 4) is 5.75 Å². The van der Waals surface area contributed by atoms with Gasteiger partial charge in [0.15, 0.2) is 5.75 Å². The minimum Gasteiger partial charge on any atom is -0.490 e. The molecule has 94 valence electrons. The summed E-state index contributed by atoms with van der Waals surface area (Å²) in [6.45, 7) is 0.557. The molecule has 0 aliphatic heterocycles. The van der Waals surface area contributed by atoms with Crippen LogP contribution >= 0.6 is 0 Å². The van der Waals surface area contributed by atoms with E-state index in [0.29, 0.717) is 6.54 Å². The molecule has 2 aromatic rings. The van der Waals surface area contributed by atoms with E-state index in [1.165, 1.54) is 13.2 Å². The normalized spacial score (nSPS) is 10.1. The first-order chi connectivity index (χ1) is 8.70. The number of ether oxygens (including phenoxy) is 1. The van der Waals surface area contributed by atoms with Gasteiger partial charge in [-0.1, -0.05) is 0 Å². The van der Waals surface area contributed by atoms with Crippen LogP contribution in [0.1, 0.15) is 5.69 Å². The van der Waals surface area contributed by atoms with Gasteiger partial charge in [-0.05, 0) is 12.1 Å². The van der Waals surface area contributed by atoms with Gasteiger partial charge in [-0.3, -0.25) is 15.2 Å². The summed E-state index contributed by atoms with van der Waals surface area (Å²) >= 11 is 0. The predicted octanol–water partition coefficient (Wildman–Crippen LogP) is 1.94. The van der Waals surface area contributed by atoms with Gasteiger partial charge >= 0.3 is 5.69 Å². The smallest absolute Gasteiger partial charge is 0.311 e. The standard InChI is InChI=1S/C11H12N4O3/c1-18-11-6-8(2-3-10(11)15(16)17)12-7-9-4-5-13-14-9/h2-6,12H,7H2,1H3,(H,13,14). The molecule has 7 heteroatoms. The van der Waals surface area contributed by atoms with Crippen LogP contribution in [0, 0.1) is 10.1 Å². The number of methoxy groups -OCH3 is 1. The van der Waals surface area contributed by atoms with E-state index in [0.717, 1.165) is 11.4 Å². The zero-order valence-corrected chi connectivity index (χ0v) is 9.71. The van der Waals surface area contributed by atoms with Crippen LogP contribution in [0.2, 0.25) is 0 Å². The van der Waals surface area contributed by atoms with Crippen LogP contribution in [0.15, 0.2) is 30.5 Å². The Labute approximate surface area is 103 Å². The van der Waals surface area contributed by atoms with Crippen LogP contribution in [-0.2, 0) is 6.54 Å². The average Bonchev–Trinajstić information content (AvgIpc) is 2.88. The third-order valence-electron chi connectivity index (χ3n) is 2.42. The van der Waals surface area contributed by atoms with Crippen molar-refractivity contribution in [2.75, 3.05) is 12.4 Å². The van der Waals surface area contributed by atoms with Gasteiger partial charge in [0.2, 0.25) is 0 Å². The van der Waals surface area contributed by atoms with Crippen molar-refractivity contribution in [3.63, 3.8) is 0 Å². The summed E-state index contributed by atoms with van der Waals surface area (Å²) in [6, 6.07) is 6.48. The lowest BCUT2D eigenvalue weighted by molar-refractivity contribution is -0.385. The minimum atomic E-state index is -0.475. The Kier molecular flexibility index (Phi) is 3.42. The van der Waals surface area contributed by atoms with Crippen molar-refractivity contribution >= 4 is 11.4 Å². The molecule has 1 heterocycles. The Morgan fingerprint density at radius 3 is 2.94 bits per heavy atom. The van der Waals surface area contributed by atoms with Gasteiger partial charge in [-0.25, -0.2) is 0 Å². The molecule has 18 heavy (non-hydrogen) atoms. The summed E-state index contributed by atoms with van der Waals surface area (Å²) in [5, 5.41) is 20.5. The van der Waals surface area contributed by atoms with Crippen LogP contribution in [0.3, 0.4) is 0 Å². The molecule has 7 nitrogen and oxygen atoms in total. The van der Waals surface area contributed by atoms with Gasteiger partial charge in [0, 0.05) is 24.0 Å². The molecule has 0 spiro atoms. The second kappa shape index (κ2) is 5.17. The molecule has 0 saturated carbocycles. The van der Waals surface area contributed by atoms with Crippen LogP contribution in [0.5, 0.6) is 5.75 Å². The topological polar surface area (TPSA) is 93.1 Å². The Bertz CT molecular complexity index is 539. The second-order valence-electron chi connectivity index (χ2n) is 3.58. The van der Waals surface area contributed by atoms with Crippen molar-refractivity contribution < 1.29 is 9.66 Å². The summed E-state index contributed by atoms with van der Waals surface area (Å²) in [5.41, 5.74) is 1.61. The molecule has 0 unspecified atom stereocenters. The van der Waals surface area contributed by atoms with E-state index in [1.807, 2.05) is 6.07 Å². The molecule has 0 amide bonds. The summed E-state index contributed by atoms with van der Waals surface area (Å²) in [6.07, 6.45) is 1.66. The molecular weight excluding hydrogens is 236 g/mol. The molecule has 0 atom stereocenters. The van der Waals surface area contributed by atoms with E-state index in [2.05, 4.69) is 15.5 Å². The second-order valence-corrected chi connectivity index (χ2v) is 3.58. The highest BCUT2D eigenvalue weighted by molar-refractivity contribution is 5.57. The summed E-state index contributed by atoms with van der Waals surface area (Å²) in [7, 11) is 1.40. The zero-order valence-electron chi connectivity index (χ0n) is 9.71. The summed E-state index contributed by atoms with van der Waals surface area (Å²) < 4.78 is 4.98. The quantitative estimate of drug-likeness (QED) is 0.623. The number of nitro groups is 1. The maximum absolute atomic E-state index is 10.7. The number of H-pyrrole nitrogens is 1. The molecular formula is C11H12N4O3. The molecule has 0 fully saturated rings. The summed E-state index contributed by atoms with van der Waals surface area (Å²) in [5.74, 6) is 0.231. The number of rotatable bonds is 5. The number of hydrogen-bond acceptors (Lipinski definition) is 5. The maximum Gasteiger partial charge on any atom is 0.311 e. The number of anilines is 1. The number of aromatic amines is 1. The third kappa shape index (κ3) is 2.57. The molecule has 2 rings (SSSR count). The Morgan fingerprint density at radius 2 is 2.33 bits per heavy atom. The lowest BCUT2D eigenvalue weighted by Gasteiger charge is -2.07. The lowest BCUT2D eigenvalue weighted by atomic mass is 10.2. The van der Waals surface area contributed by atoms with Crippen molar-refractivity contribution in [1.29, 1.82) is 0 Å². The van der Waals surface area contributed by atoms with Gasteiger partial charge in [-0.2, -0.15) is 5.10 Å². The molecule has 0 radical (unpaired) electrons. The molecule has 1 aromatic carbocycles. The zero-order chi connectivity index (χ0) is 13.0. The van der Waals surface area contributed by atoms with Gasteiger partial charge in [0.1, 0.15) is 0 Å². The Balaban J connectivity index is 2.12. The van der Waals surface area contributed by atoms with Crippen molar-refractivity contribution in [2.45, 2.75) is 6.54 Å². The van der Waals surface area contributed by atoms with E-state index in [4.69, 9.17) is 4.74 Å². The molecule has 1 aromatic heterocycles. The monoisotopic (exact) mass is 248 g/mol. The number of nitrogens with one attached hydrogen (secondary N) is 2. The van der Waals surface area contributed by atoms with Crippen LogP contribution in [-0.4, -0.2) is 22.2 Å². The SMILES string of the molecule is COc1cc(NCc2ccn[nH]2)ccc1[N+](=O)[O-]. The minimum absolute atomic E-state index is 0.0513. The van der Waals surface area contributed by atoms with E-state index >= 15 is 0 Å². The molecule has 2 N–H and O–H groups in total.